The van der Waals surface area contributed by atoms with Crippen LogP contribution in [-0.4, -0.2) is 40.5 Å². The molecule has 0 aromatic heterocycles. The van der Waals surface area contributed by atoms with Crippen molar-refractivity contribution < 1.29 is 14.7 Å². The summed E-state index contributed by atoms with van der Waals surface area (Å²) in [5.41, 5.74) is 5.71. The zero-order valence-corrected chi connectivity index (χ0v) is 12.8. The third kappa shape index (κ3) is 2.09. The van der Waals surface area contributed by atoms with Gasteiger partial charge in [0.2, 0.25) is 5.91 Å². The zero-order chi connectivity index (χ0) is 15.5. The number of fused-ring (bicyclic) bond motifs is 5. The fourth-order valence-corrected chi connectivity index (χ4v) is 4.31. The number of carboxylic acid groups (broad SMARTS) is 1. The van der Waals surface area contributed by atoms with Crippen LogP contribution in [0.15, 0.2) is 12.2 Å². The first-order valence-electron chi connectivity index (χ1n) is 7.69. The third-order valence-corrected chi connectivity index (χ3v) is 5.53. The number of amides is 1. The Morgan fingerprint density at radius 1 is 1.29 bits per heavy atom. The molecular weight excluding hydrogens is 268 g/mol. The summed E-state index contributed by atoms with van der Waals surface area (Å²) in [4.78, 5) is 26.0. The second-order valence-corrected chi connectivity index (χ2v) is 7.81. The maximum absolute atomic E-state index is 12.7. The van der Waals surface area contributed by atoms with Gasteiger partial charge in [-0.05, 0) is 29.6 Å². The van der Waals surface area contributed by atoms with Crippen molar-refractivity contribution in [3.8, 4) is 0 Å². The Morgan fingerprint density at radius 2 is 1.90 bits per heavy atom. The molecule has 2 fully saturated rings. The summed E-state index contributed by atoms with van der Waals surface area (Å²) in [7, 11) is 0. The van der Waals surface area contributed by atoms with Crippen LogP contribution in [0.25, 0.3) is 0 Å². The molecule has 0 unspecified atom stereocenters. The summed E-state index contributed by atoms with van der Waals surface area (Å²) >= 11 is 0. The zero-order valence-electron chi connectivity index (χ0n) is 12.8. The van der Waals surface area contributed by atoms with Crippen LogP contribution < -0.4 is 5.73 Å². The molecule has 1 heterocycles. The van der Waals surface area contributed by atoms with Gasteiger partial charge in [-0.2, -0.15) is 0 Å². The van der Waals surface area contributed by atoms with E-state index in [1.165, 1.54) is 0 Å². The Kier molecular flexibility index (Phi) is 3.17. The van der Waals surface area contributed by atoms with Crippen molar-refractivity contribution in [1.29, 1.82) is 0 Å². The summed E-state index contributed by atoms with van der Waals surface area (Å²) in [6, 6.07) is -1.38. The fourth-order valence-electron chi connectivity index (χ4n) is 4.31. The highest BCUT2D eigenvalue weighted by Gasteiger charge is 2.58. The third-order valence-electron chi connectivity index (χ3n) is 5.53. The van der Waals surface area contributed by atoms with Gasteiger partial charge in [-0.1, -0.05) is 32.9 Å². The molecule has 1 amide bonds. The maximum atomic E-state index is 12.7. The number of carboxylic acids is 1. The summed E-state index contributed by atoms with van der Waals surface area (Å²) in [6.45, 7) is 6.27. The highest BCUT2D eigenvalue weighted by atomic mass is 16.4. The lowest BCUT2D eigenvalue weighted by molar-refractivity contribution is -0.151. The minimum atomic E-state index is -0.891. The van der Waals surface area contributed by atoms with Gasteiger partial charge in [0.25, 0.3) is 0 Å². The molecule has 3 rings (SSSR count). The minimum absolute atomic E-state index is 0.0635. The van der Waals surface area contributed by atoms with E-state index in [-0.39, 0.29) is 23.2 Å². The van der Waals surface area contributed by atoms with Gasteiger partial charge in [0.15, 0.2) is 0 Å². The SMILES string of the molecule is CC(C)(C)[C@H](N)C(=O)N1C[C@H]2[C@@H]([C@H]1C(=O)O)[C@H]1C=C[C@@H]2C1. The monoisotopic (exact) mass is 292 g/mol. The molecule has 2 aliphatic carbocycles. The molecule has 3 N–H and O–H groups in total. The molecule has 2 bridgehead atoms. The van der Waals surface area contributed by atoms with E-state index < -0.39 is 18.1 Å². The Hall–Kier alpha value is -1.36. The molecule has 0 radical (unpaired) electrons. The van der Waals surface area contributed by atoms with Crippen molar-refractivity contribution in [3.63, 3.8) is 0 Å². The average Bonchev–Trinajstić information content (AvgIpc) is 3.05. The molecular formula is C16H24N2O3. The minimum Gasteiger partial charge on any atom is -0.480 e. The summed E-state index contributed by atoms with van der Waals surface area (Å²) in [6.07, 6.45) is 5.38. The lowest BCUT2D eigenvalue weighted by Gasteiger charge is -2.33. The van der Waals surface area contributed by atoms with Gasteiger partial charge in [0.1, 0.15) is 6.04 Å². The van der Waals surface area contributed by atoms with E-state index in [1.807, 2.05) is 20.8 Å². The molecule has 1 saturated heterocycles. The molecule has 0 aromatic carbocycles. The van der Waals surface area contributed by atoms with E-state index >= 15 is 0 Å². The van der Waals surface area contributed by atoms with E-state index in [0.29, 0.717) is 18.4 Å². The number of nitrogens with two attached hydrogens (primary N) is 1. The van der Waals surface area contributed by atoms with Crippen LogP contribution in [0, 0.1) is 29.1 Å². The van der Waals surface area contributed by atoms with Crippen molar-refractivity contribution in [1.82, 2.24) is 4.90 Å². The number of carbonyl (C=O) groups excluding carboxylic acids is 1. The van der Waals surface area contributed by atoms with Crippen LogP contribution in [-0.2, 0) is 9.59 Å². The number of carbonyl (C=O) groups is 2. The summed E-state index contributed by atoms with van der Waals surface area (Å²) in [5.74, 6) is -0.0114. The summed E-state index contributed by atoms with van der Waals surface area (Å²) in [5, 5.41) is 9.63. The highest BCUT2D eigenvalue weighted by molar-refractivity contribution is 5.88. The first-order valence-corrected chi connectivity index (χ1v) is 7.69. The summed E-state index contributed by atoms with van der Waals surface area (Å²) < 4.78 is 0. The van der Waals surface area contributed by atoms with Crippen LogP contribution in [0.3, 0.4) is 0 Å². The second-order valence-electron chi connectivity index (χ2n) is 7.81. The van der Waals surface area contributed by atoms with Crippen LogP contribution in [0.5, 0.6) is 0 Å². The fraction of sp³-hybridized carbons (Fsp3) is 0.750. The molecule has 5 heteroatoms. The number of nitrogens with zero attached hydrogens (tertiary/aromatic N) is 1. The Bertz CT molecular complexity index is 508. The number of likely N-dealkylation sites (tertiary alicyclic amines) is 1. The molecule has 0 aromatic rings. The number of hydrogen-bond acceptors (Lipinski definition) is 3. The number of allylic oxidation sites excluding steroid dienone is 2. The molecule has 6 atom stereocenters. The Morgan fingerprint density at radius 3 is 2.48 bits per heavy atom. The van der Waals surface area contributed by atoms with Gasteiger partial charge >= 0.3 is 5.97 Å². The van der Waals surface area contributed by atoms with Crippen LogP contribution in [0.1, 0.15) is 27.2 Å². The van der Waals surface area contributed by atoms with Gasteiger partial charge in [-0.25, -0.2) is 4.79 Å². The highest BCUT2D eigenvalue weighted by Crippen LogP contribution is 2.54. The first-order chi connectivity index (χ1) is 9.71. The van der Waals surface area contributed by atoms with E-state index in [4.69, 9.17) is 5.73 Å². The number of hydrogen-bond donors (Lipinski definition) is 2. The molecule has 3 aliphatic rings. The van der Waals surface area contributed by atoms with Crippen molar-refractivity contribution >= 4 is 11.9 Å². The smallest absolute Gasteiger partial charge is 0.326 e. The van der Waals surface area contributed by atoms with E-state index in [0.717, 1.165) is 6.42 Å². The van der Waals surface area contributed by atoms with Crippen LogP contribution in [0.4, 0.5) is 0 Å². The lowest BCUT2D eigenvalue weighted by Crippen LogP contribution is -2.54. The average molecular weight is 292 g/mol. The van der Waals surface area contributed by atoms with Gasteiger partial charge in [0.05, 0.1) is 6.04 Å². The van der Waals surface area contributed by atoms with Gasteiger partial charge in [-0.15, -0.1) is 0 Å². The standard InChI is InChI=1S/C16H24N2O3/c1-16(2,3)13(17)14(19)18-7-10-8-4-5-9(6-8)11(10)12(18)15(20)21/h4-5,8-13H,6-7,17H2,1-3H3,(H,20,21)/t8-,9+,10-,11+,12+,13-/m1/s1. The lowest BCUT2D eigenvalue weighted by atomic mass is 9.82. The predicted molar refractivity (Wildman–Crippen MR) is 78.3 cm³/mol. The molecule has 21 heavy (non-hydrogen) atoms. The largest absolute Gasteiger partial charge is 0.480 e. The number of rotatable bonds is 2. The van der Waals surface area contributed by atoms with Gasteiger partial charge in [-0.3, -0.25) is 4.79 Å². The molecule has 1 aliphatic heterocycles. The second kappa shape index (κ2) is 4.57. The topological polar surface area (TPSA) is 83.6 Å². The van der Waals surface area contributed by atoms with Crippen LogP contribution in [0.2, 0.25) is 0 Å². The van der Waals surface area contributed by atoms with Gasteiger partial charge in [0, 0.05) is 12.5 Å². The molecule has 116 valence electrons. The van der Waals surface area contributed by atoms with Gasteiger partial charge < -0.3 is 15.7 Å². The normalized spacial score (nSPS) is 38.7. The van der Waals surface area contributed by atoms with E-state index in [1.54, 1.807) is 4.90 Å². The van der Waals surface area contributed by atoms with E-state index in [9.17, 15) is 14.7 Å². The Labute approximate surface area is 125 Å². The van der Waals surface area contributed by atoms with Crippen molar-refractivity contribution in [2.45, 2.75) is 39.3 Å². The molecule has 1 saturated carbocycles. The molecule has 5 nitrogen and oxygen atoms in total. The van der Waals surface area contributed by atoms with Crippen molar-refractivity contribution in [2.24, 2.45) is 34.8 Å². The number of aliphatic carboxylic acids is 1. The van der Waals surface area contributed by atoms with Crippen molar-refractivity contribution in [3.05, 3.63) is 12.2 Å². The maximum Gasteiger partial charge on any atom is 0.326 e. The van der Waals surface area contributed by atoms with Crippen molar-refractivity contribution in [2.75, 3.05) is 6.54 Å². The predicted octanol–water partition coefficient (Wildman–Crippen LogP) is 1.09. The Balaban J connectivity index is 1.87. The quantitative estimate of drug-likeness (QED) is 0.746. The van der Waals surface area contributed by atoms with E-state index in [2.05, 4.69) is 12.2 Å². The van der Waals surface area contributed by atoms with Crippen LogP contribution >= 0.6 is 0 Å². The first kappa shape index (κ1) is 14.6. The molecule has 0 spiro atoms.